The zero-order chi connectivity index (χ0) is 15.4. The third kappa shape index (κ3) is 3.84. The van der Waals surface area contributed by atoms with E-state index in [2.05, 4.69) is 10.3 Å². The van der Waals surface area contributed by atoms with Crippen molar-refractivity contribution in [2.75, 3.05) is 11.1 Å². The van der Waals surface area contributed by atoms with Gasteiger partial charge in [-0.3, -0.25) is 4.98 Å². The number of nitrogens with one attached hydrogen (secondary N) is 1. The molecule has 3 N–H and O–H groups in total. The maximum atomic E-state index is 13.8. The molecular weight excluding hydrogens is 269 g/mol. The van der Waals surface area contributed by atoms with E-state index in [1.807, 2.05) is 32.9 Å². The molecule has 0 aliphatic carbocycles. The molecular formula is C16H20FN3O. The van der Waals surface area contributed by atoms with E-state index in [0.29, 0.717) is 11.4 Å². The molecule has 1 heterocycles. The van der Waals surface area contributed by atoms with Crippen molar-refractivity contribution < 1.29 is 9.13 Å². The van der Waals surface area contributed by atoms with Gasteiger partial charge in [-0.2, -0.15) is 0 Å². The molecule has 0 aliphatic heterocycles. The smallest absolute Gasteiger partial charge is 0.167 e. The summed E-state index contributed by atoms with van der Waals surface area (Å²) in [7, 11) is 0. The number of nitrogens with zero attached hydrogens (tertiary/aromatic N) is 1. The highest BCUT2D eigenvalue weighted by molar-refractivity contribution is 5.69. The first-order chi connectivity index (χ1) is 9.97. The highest BCUT2D eigenvalue weighted by Gasteiger charge is 2.13. The van der Waals surface area contributed by atoms with Crippen molar-refractivity contribution in [1.82, 2.24) is 4.98 Å². The van der Waals surface area contributed by atoms with E-state index in [1.165, 1.54) is 6.07 Å². The number of hydrogen-bond donors (Lipinski definition) is 2. The van der Waals surface area contributed by atoms with E-state index < -0.39 is 5.82 Å². The molecule has 0 amide bonds. The summed E-state index contributed by atoms with van der Waals surface area (Å²) in [6, 6.07) is 6.74. The Labute approximate surface area is 124 Å². The third-order valence-corrected chi connectivity index (χ3v) is 3.04. The standard InChI is InChI=1S/C16H20FN3O/c1-10(2)21-16-9-15(14(18)8-13(16)17)20-11(3)12-4-6-19-7-5-12/h4-11,20H,18H2,1-3H3. The minimum absolute atomic E-state index is 0.0210. The van der Waals surface area contributed by atoms with Crippen LogP contribution in [0, 0.1) is 5.82 Å². The molecule has 0 spiro atoms. The minimum atomic E-state index is -0.455. The Morgan fingerprint density at radius 2 is 1.86 bits per heavy atom. The molecule has 21 heavy (non-hydrogen) atoms. The number of ether oxygens (including phenoxy) is 1. The van der Waals surface area contributed by atoms with E-state index in [9.17, 15) is 4.39 Å². The van der Waals surface area contributed by atoms with Crippen LogP contribution in [-0.4, -0.2) is 11.1 Å². The van der Waals surface area contributed by atoms with Crippen molar-refractivity contribution in [1.29, 1.82) is 0 Å². The summed E-state index contributed by atoms with van der Waals surface area (Å²) in [6.07, 6.45) is 3.36. The molecule has 1 aromatic carbocycles. The van der Waals surface area contributed by atoms with Gasteiger partial charge in [0.1, 0.15) is 0 Å². The van der Waals surface area contributed by atoms with Gasteiger partial charge in [0.05, 0.1) is 17.5 Å². The molecule has 1 atom stereocenters. The summed E-state index contributed by atoms with van der Waals surface area (Å²) in [4.78, 5) is 3.99. The second-order valence-corrected chi connectivity index (χ2v) is 5.18. The molecule has 0 radical (unpaired) electrons. The zero-order valence-electron chi connectivity index (χ0n) is 12.4. The van der Waals surface area contributed by atoms with Crippen LogP contribution in [0.1, 0.15) is 32.4 Å². The number of nitrogens with two attached hydrogens (primary N) is 1. The number of anilines is 2. The fourth-order valence-electron chi connectivity index (χ4n) is 2.01. The van der Waals surface area contributed by atoms with Crippen LogP contribution in [0.4, 0.5) is 15.8 Å². The summed E-state index contributed by atoms with van der Waals surface area (Å²) in [5, 5.41) is 3.27. The van der Waals surface area contributed by atoms with Crippen LogP contribution >= 0.6 is 0 Å². The Hall–Kier alpha value is -2.30. The van der Waals surface area contributed by atoms with Crippen LogP contribution in [0.5, 0.6) is 5.75 Å². The molecule has 5 heteroatoms. The molecule has 0 saturated carbocycles. The number of pyridine rings is 1. The van der Waals surface area contributed by atoms with Crippen LogP contribution in [0.2, 0.25) is 0 Å². The van der Waals surface area contributed by atoms with Gasteiger partial charge in [-0.25, -0.2) is 4.39 Å². The minimum Gasteiger partial charge on any atom is -0.488 e. The van der Waals surface area contributed by atoms with E-state index in [-0.39, 0.29) is 17.9 Å². The van der Waals surface area contributed by atoms with Crippen molar-refractivity contribution >= 4 is 11.4 Å². The fourth-order valence-corrected chi connectivity index (χ4v) is 2.01. The molecule has 0 fully saturated rings. The molecule has 2 aromatic rings. The molecule has 0 aliphatic rings. The molecule has 4 nitrogen and oxygen atoms in total. The van der Waals surface area contributed by atoms with Gasteiger partial charge in [0.15, 0.2) is 11.6 Å². The molecule has 1 aromatic heterocycles. The van der Waals surface area contributed by atoms with Gasteiger partial charge in [-0.1, -0.05) is 0 Å². The van der Waals surface area contributed by atoms with E-state index in [4.69, 9.17) is 10.5 Å². The molecule has 112 valence electrons. The van der Waals surface area contributed by atoms with Gasteiger partial charge in [-0.15, -0.1) is 0 Å². The normalized spacial score (nSPS) is 12.2. The van der Waals surface area contributed by atoms with Gasteiger partial charge in [-0.05, 0) is 38.5 Å². The lowest BCUT2D eigenvalue weighted by atomic mass is 10.1. The Bertz CT molecular complexity index is 602. The summed E-state index contributed by atoms with van der Waals surface area (Å²) in [5.74, 6) is -0.257. The van der Waals surface area contributed by atoms with Gasteiger partial charge in [0.2, 0.25) is 0 Å². The third-order valence-electron chi connectivity index (χ3n) is 3.04. The molecule has 0 saturated heterocycles. The first kappa shape index (κ1) is 15.1. The average molecular weight is 289 g/mol. The first-order valence-corrected chi connectivity index (χ1v) is 6.89. The molecule has 1 unspecified atom stereocenters. The van der Waals surface area contributed by atoms with Crippen molar-refractivity contribution in [3.8, 4) is 5.75 Å². The second kappa shape index (κ2) is 6.43. The predicted octanol–water partition coefficient (Wildman–Crippen LogP) is 3.76. The van der Waals surface area contributed by atoms with Crippen molar-refractivity contribution in [3.05, 3.63) is 48.0 Å². The number of halogens is 1. The van der Waals surface area contributed by atoms with Crippen LogP contribution in [0.25, 0.3) is 0 Å². The quantitative estimate of drug-likeness (QED) is 0.823. The number of benzene rings is 1. The molecule has 2 rings (SSSR count). The Morgan fingerprint density at radius 1 is 1.19 bits per heavy atom. The second-order valence-electron chi connectivity index (χ2n) is 5.18. The summed E-state index contributed by atoms with van der Waals surface area (Å²) in [6.45, 7) is 5.70. The molecule has 0 bridgehead atoms. The van der Waals surface area contributed by atoms with E-state index in [1.54, 1.807) is 18.5 Å². The summed E-state index contributed by atoms with van der Waals surface area (Å²) >= 11 is 0. The number of nitrogen functional groups attached to an aromatic ring is 1. The van der Waals surface area contributed by atoms with Gasteiger partial charge in [0.25, 0.3) is 0 Å². The SMILES string of the molecule is CC(C)Oc1cc(NC(C)c2ccncc2)c(N)cc1F. The van der Waals surface area contributed by atoms with Crippen molar-refractivity contribution in [2.45, 2.75) is 32.9 Å². The highest BCUT2D eigenvalue weighted by Crippen LogP contribution is 2.31. The van der Waals surface area contributed by atoms with Gasteiger partial charge in [0, 0.05) is 30.6 Å². The largest absolute Gasteiger partial charge is 0.488 e. The maximum absolute atomic E-state index is 13.8. The predicted molar refractivity (Wildman–Crippen MR) is 82.9 cm³/mol. The maximum Gasteiger partial charge on any atom is 0.167 e. The van der Waals surface area contributed by atoms with Gasteiger partial charge >= 0.3 is 0 Å². The number of aromatic nitrogens is 1. The summed E-state index contributed by atoms with van der Waals surface area (Å²) in [5.41, 5.74) is 7.95. The monoisotopic (exact) mass is 289 g/mol. The summed E-state index contributed by atoms with van der Waals surface area (Å²) < 4.78 is 19.3. The lowest BCUT2D eigenvalue weighted by molar-refractivity contribution is 0.231. The Morgan fingerprint density at radius 3 is 2.48 bits per heavy atom. The van der Waals surface area contributed by atoms with Crippen LogP contribution in [0.15, 0.2) is 36.7 Å². The number of hydrogen-bond acceptors (Lipinski definition) is 4. The lowest BCUT2D eigenvalue weighted by Gasteiger charge is -2.19. The van der Waals surface area contributed by atoms with E-state index >= 15 is 0 Å². The van der Waals surface area contributed by atoms with Crippen LogP contribution in [-0.2, 0) is 0 Å². The Kier molecular flexibility index (Phi) is 4.62. The van der Waals surface area contributed by atoms with Crippen molar-refractivity contribution in [3.63, 3.8) is 0 Å². The number of rotatable bonds is 5. The highest BCUT2D eigenvalue weighted by atomic mass is 19.1. The fraction of sp³-hybridized carbons (Fsp3) is 0.312. The van der Waals surface area contributed by atoms with Crippen LogP contribution in [0.3, 0.4) is 0 Å². The topological polar surface area (TPSA) is 60.2 Å². The average Bonchev–Trinajstić information content (AvgIpc) is 2.44. The van der Waals surface area contributed by atoms with Crippen molar-refractivity contribution in [2.24, 2.45) is 0 Å². The van der Waals surface area contributed by atoms with Crippen LogP contribution < -0.4 is 15.8 Å². The van der Waals surface area contributed by atoms with Gasteiger partial charge < -0.3 is 15.8 Å². The van der Waals surface area contributed by atoms with E-state index in [0.717, 1.165) is 5.56 Å². The zero-order valence-corrected chi connectivity index (χ0v) is 12.4. The first-order valence-electron chi connectivity index (χ1n) is 6.89. The Balaban J connectivity index is 2.23. The lowest BCUT2D eigenvalue weighted by Crippen LogP contribution is -2.11.